The van der Waals surface area contributed by atoms with E-state index < -0.39 is 0 Å². The van der Waals surface area contributed by atoms with Crippen LogP contribution in [-0.2, 0) is 24.2 Å². The minimum absolute atomic E-state index is 0.0764. The normalized spacial score (nSPS) is 13.8. The van der Waals surface area contributed by atoms with Gasteiger partial charge in [-0.2, -0.15) is 5.10 Å². The standard InChI is InChI=1S/C21H22N4O/c26-21(24-23-15-16-6-5-12-22-14-16)11-13-25-19-9-3-1-7-17(19)18-8-2-4-10-20(18)25/h1,3,5-7,9,12,14-15H,2,4,8,10-11,13H2,(H,24,26)/b23-15-. The number of aryl methyl sites for hydroxylation is 2. The molecule has 1 aliphatic rings. The van der Waals surface area contributed by atoms with Crippen molar-refractivity contribution in [2.75, 3.05) is 0 Å². The van der Waals surface area contributed by atoms with Crippen LogP contribution >= 0.6 is 0 Å². The largest absolute Gasteiger partial charge is 0.344 e. The lowest BCUT2D eigenvalue weighted by molar-refractivity contribution is -0.121. The zero-order valence-electron chi connectivity index (χ0n) is 14.7. The second-order valence-corrected chi connectivity index (χ2v) is 6.63. The van der Waals surface area contributed by atoms with Crippen LogP contribution in [-0.4, -0.2) is 21.7 Å². The molecule has 26 heavy (non-hydrogen) atoms. The number of pyridine rings is 1. The summed E-state index contributed by atoms with van der Waals surface area (Å²) in [4.78, 5) is 16.2. The maximum Gasteiger partial charge on any atom is 0.241 e. The van der Waals surface area contributed by atoms with E-state index in [1.165, 1.54) is 35.0 Å². The molecule has 0 spiro atoms. The zero-order chi connectivity index (χ0) is 17.8. The van der Waals surface area contributed by atoms with Crippen LogP contribution in [0, 0.1) is 0 Å². The number of para-hydroxylation sites is 1. The van der Waals surface area contributed by atoms with Crippen LogP contribution in [0.15, 0.2) is 53.9 Å². The number of nitrogens with one attached hydrogen (secondary N) is 1. The lowest BCUT2D eigenvalue weighted by atomic mass is 9.95. The number of benzene rings is 1. The van der Waals surface area contributed by atoms with Crippen LogP contribution in [0.25, 0.3) is 10.9 Å². The van der Waals surface area contributed by atoms with Crippen molar-refractivity contribution in [3.05, 3.63) is 65.6 Å². The molecule has 1 N–H and O–H groups in total. The Kier molecular flexibility index (Phi) is 4.78. The number of aromatic nitrogens is 2. The highest BCUT2D eigenvalue weighted by Crippen LogP contribution is 2.32. The number of hydrogen-bond donors (Lipinski definition) is 1. The molecule has 0 saturated carbocycles. The molecule has 2 heterocycles. The van der Waals surface area contributed by atoms with Crippen molar-refractivity contribution in [1.29, 1.82) is 0 Å². The Balaban J connectivity index is 1.45. The van der Waals surface area contributed by atoms with E-state index in [9.17, 15) is 4.79 Å². The summed E-state index contributed by atoms with van der Waals surface area (Å²) in [7, 11) is 0. The monoisotopic (exact) mass is 346 g/mol. The fraction of sp³-hybridized carbons (Fsp3) is 0.286. The van der Waals surface area contributed by atoms with Gasteiger partial charge in [0, 0.05) is 47.5 Å². The second kappa shape index (κ2) is 7.52. The third-order valence-electron chi connectivity index (χ3n) is 4.93. The lowest BCUT2D eigenvalue weighted by Gasteiger charge is -2.15. The molecule has 3 aromatic rings. The molecule has 1 aromatic carbocycles. The summed E-state index contributed by atoms with van der Waals surface area (Å²) >= 11 is 0. The molecule has 5 nitrogen and oxygen atoms in total. The Bertz CT molecular complexity index is 943. The average Bonchev–Trinajstić information content (AvgIpc) is 3.01. The van der Waals surface area contributed by atoms with Crippen molar-refractivity contribution in [2.24, 2.45) is 5.10 Å². The third-order valence-corrected chi connectivity index (χ3v) is 4.93. The lowest BCUT2D eigenvalue weighted by Crippen LogP contribution is -2.20. The highest BCUT2D eigenvalue weighted by Gasteiger charge is 2.19. The van der Waals surface area contributed by atoms with Gasteiger partial charge in [-0.15, -0.1) is 0 Å². The minimum Gasteiger partial charge on any atom is -0.344 e. The molecule has 1 amide bonds. The van der Waals surface area contributed by atoms with Gasteiger partial charge >= 0.3 is 0 Å². The number of amides is 1. The summed E-state index contributed by atoms with van der Waals surface area (Å²) in [6, 6.07) is 12.3. The summed E-state index contributed by atoms with van der Waals surface area (Å²) in [5.41, 5.74) is 7.59. The number of carbonyl (C=O) groups excluding carboxylic acids is 1. The third kappa shape index (κ3) is 3.38. The molecule has 0 fully saturated rings. The van der Waals surface area contributed by atoms with Crippen molar-refractivity contribution in [2.45, 2.75) is 38.6 Å². The number of hydrazone groups is 1. The highest BCUT2D eigenvalue weighted by molar-refractivity contribution is 5.86. The van der Waals surface area contributed by atoms with Crippen molar-refractivity contribution in [3.8, 4) is 0 Å². The van der Waals surface area contributed by atoms with E-state index in [-0.39, 0.29) is 5.91 Å². The van der Waals surface area contributed by atoms with Crippen molar-refractivity contribution >= 4 is 23.0 Å². The van der Waals surface area contributed by atoms with Crippen molar-refractivity contribution in [3.63, 3.8) is 0 Å². The van der Waals surface area contributed by atoms with E-state index in [1.54, 1.807) is 18.6 Å². The van der Waals surface area contributed by atoms with E-state index in [4.69, 9.17) is 0 Å². The summed E-state index contributed by atoms with van der Waals surface area (Å²) in [5.74, 6) is -0.0764. The molecule has 0 bridgehead atoms. The van der Waals surface area contributed by atoms with E-state index >= 15 is 0 Å². The van der Waals surface area contributed by atoms with Gasteiger partial charge in [-0.3, -0.25) is 9.78 Å². The SMILES string of the molecule is O=C(CCn1c2c(c3ccccc31)CCCC2)N/N=C\c1cccnc1. The van der Waals surface area contributed by atoms with Gasteiger partial charge in [-0.05, 0) is 43.4 Å². The zero-order valence-corrected chi connectivity index (χ0v) is 14.7. The van der Waals surface area contributed by atoms with Crippen molar-refractivity contribution in [1.82, 2.24) is 15.0 Å². The molecular weight excluding hydrogens is 324 g/mol. The van der Waals surface area contributed by atoms with E-state index in [0.29, 0.717) is 13.0 Å². The van der Waals surface area contributed by atoms with E-state index in [1.807, 2.05) is 12.1 Å². The first-order chi connectivity index (χ1) is 12.8. The molecule has 0 aliphatic heterocycles. The van der Waals surface area contributed by atoms with Gasteiger partial charge in [-0.1, -0.05) is 24.3 Å². The predicted octanol–water partition coefficient (Wildman–Crippen LogP) is 3.46. The average molecular weight is 346 g/mol. The predicted molar refractivity (Wildman–Crippen MR) is 103 cm³/mol. The molecule has 0 radical (unpaired) electrons. The van der Waals surface area contributed by atoms with Crippen LogP contribution in [0.1, 0.15) is 36.1 Å². The Labute approximate surface area is 152 Å². The molecule has 2 aromatic heterocycles. The van der Waals surface area contributed by atoms with Gasteiger partial charge in [-0.25, -0.2) is 5.43 Å². The Morgan fingerprint density at radius 1 is 1.19 bits per heavy atom. The number of fused-ring (bicyclic) bond motifs is 3. The van der Waals surface area contributed by atoms with Gasteiger partial charge in [0.1, 0.15) is 0 Å². The fourth-order valence-corrected chi connectivity index (χ4v) is 3.74. The molecule has 4 rings (SSSR count). The van der Waals surface area contributed by atoms with Crippen LogP contribution in [0.2, 0.25) is 0 Å². The van der Waals surface area contributed by atoms with Crippen LogP contribution in [0.3, 0.4) is 0 Å². The van der Waals surface area contributed by atoms with Crippen LogP contribution in [0.4, 0.5) is 0 Å². The molecule has 1 aliphatic carbocycles. The van der Waals surface area contributed by atoms with E-state index in [0.717, 1.165) is 18.4 Å². The highest BCUT2D eigenvalue weighted by atomic mass is 16.2. The van der Waals surface area contributed by atoms with Crippen LogP contribution < -0.4 is 5.43 Å². The fourth-order valence-electron chi connectivity index (χ4n) is 3.74. The van der Waals surface area contributed by atoms with Gasteiger partial charge in [0.15, 0.2) is 0 Å². The molecule has 0 saturated heterocycles. The van der Waals surface area contributed by atoms with Crippen molar-refractivity contribution < 1.29 is 4.79 Å². The summed E-state index contributed by atoms with van der Waals surface area (Å²) in [6.45, 7) is 0.685. The van der Waals surface area contributed by atoms with E-state index in [2.05, 4.69) is 44.3 Å². The molecule has 5 heteroatoms. The number of carbonyl (C=O) groups is 1. The first-order valence-corrected chi connectivity index (χ1v) is 9.14. The maximum absolute atomic E-state index is 12.2. The van der Waals surface area contributed by atoms with Gasteiger partial charge in [0.25, 0.3) is 0 Å². The van der Waals surface area contributed by atoms with Gasteiger partial charge < -0.3 is 4.57 Å². The maximum atomic E-state index is 12.2. The number of nitrogens with zero attached hydrogens (tertiary/aromatic N) is 3. The Hall–Kier alpha value is -2.95. The van der Waals surface area contributed by atoms with Gasteiger partial charge in [0.2, 0.25) is 5.91 Å². The van der Waals surface area contributed by atoms with Gasteiger partial charge in [0.05, 0.1) is 6.21 Å². The molecule has 0 unspecified atom stereocenters. The number of rotatable bonds is 5. The number of hydrogen-bond acceptors (Lipinski definition) is 3. The summed E-state index contributed by atoms with van der Waals surface area (Å²) in [6.07, 6.45) is 10.2. The smallest absolute Gasteiger partial charge is 0.241 e. The Morgan fingerprint density at radius 2 is 2.08 bits per heavy atom. The Morgan fingerprint density at radius 3 is 2.96 bits per heavy atom. The second-order valence-electron chi connectivity index (χ2n) is 6.63. The summed E-state index contributed by atoms with van der Waals surface area (Å²) in [5, 5.41) is 5.36. The first-order valence-electron chi connectivity index (χ1n) is 9.14. The first kappa shape index (κ1) is 16.5. The minimum atomic E-state index is -0.0764. The summed E-state index contributed by atoms with van der Waals surface area (Å²) < 4.78 is 2.33. The molecule has 132 valence electrons. The quantitative estimate of drug-likeness (QED) is 0.568. The topological polar surface area (TPSA) is 59.3 Å². The molecule has 0 atom stereocenters. The molecular formula is C21H22N4O. The van der Waals surface area contributed by atoms with Crippen LogP contribution in [0.5, 0.6) is 0 Å².